The van der Waals surface area contributed by atoms with Crippen LogP contribution in [0.4, 0.5) is 13.2 Å². The van der Waals surface area contributed by atoms with E-state index in [-0.39, 0.29) is 6.04 Å². The fourth-order valence-corrected chi connectivity index (χ4v) is 2.07. The highest BCUT2D eigenvalue weighted by atomic mass is 19.4. The summed E-state index contributed by atoms with van der Waals surface area (Å²) in [5.41, 5.74) is 6.98. The van der Waals surface area contributed by atoms with E-state index in [0.29, 0.717) is 5.70 Å². The molecule has 0 heterocycles. The van der Waals surface area contributed by atoms with Gasteiger partial charge in [0.15, 0.2) is 0 Å². The third-order valence-corrected chi connectivity index (χ3v) is 3.20. The van der Waals surface area contributed by atoms with Crippen LogP contribution >= 0.6 is 0 Å². The molecule has 1 aliphatic rings. The average molecular weight is 262 g/mol. The van der Waals surface area contributed by atoms with Gasteiger partial charge >= 0.3 is 6.18 Å². The molecule has 0 saturated heterocycles. The quantitative estimate of drug-likeness (QED) is 0.763. The van der Waals surface area contributed by atoms with E-state index in [1.807, 2.05) is 0 Å². The molecule has 0 aliphatic heterocycles. The first-order valence-corrected chi connectivity index (χ1v) is 6.28. The van der Waals surface area contributed by atoms with E-state index in [1.54, 1.807) is 6.92 Å². The fourth-order valence-electron chi connectivity index (χ4n) is 2.07. The summed E-state index contributed by atoms with van der Waals surface area (Å²) in [4.78, 5) is 0. The van der Waals surface area contributed by atoms with Crippen molar-refractivity contribution in [3.05, 3.63) is 23.4 Å². The Balaban J connectivity index is 2.49. The molecule has 0 aromatic rings. The van der Waals surface area contributed by atoms with Gasteiger partial charge in [0.25, 0.3) is 0 Å². The van der Waals surface area contributed by atoms with Crippen molar-refractivity contribution < 1.29 is 13.2 Å². The predicted molar refractivity (Wildman–Crippen MR) is 66.9 cm³/mol. The molecule has 1 aliphatic carbocycles. The summed E-state index contributed by atoms with van der Waals surface area (Å²) < 4.78 is 36.8. The number of hydrogen-bond acceptors (Lipinski definition) is 2. The maximum atomic E-state index is 12.3. The van der Waals surface area contributed by atoms with Gasteiger partial charge in [0.1, 0.15) is 6.04 Å². The summed E-state index contributed by atoms with van der Waals surface area (Å²) in [6.07, 6.45) is 2.76. The number of allylic oxidation sites excluding steroid dienone is 2. The zero-order valence-corrected chi connectivity index (χ0v) is 10.8. The molecule has 0 bridgehead atoms. The number of hydrogen-bond donors (Lipinski definition) is 2. The van der Waals surface area contributed by atoms with Crippen LogP contribution in [-0.2, 0) is 0 Å². The Labute approximate surface area is 106 Å². The van der Waals surface area contributed by atoms with E-state index in [1.165, 1.54) is 5.57 Å². The molecule has 3 N–H and O–H groups in total. The second kappa shape index (κ2) is 6.27. The van der Waals surface area contributed by atoms with Crippen molar-refractivity contribution in [2.75, 3.05) is 0 Å². The van der Waals surface area contributed by atoms with Gasteiger partial charge < -0.3 is 11.1 Å². The predicted octanol–water partition coefficient (Wildman–Crippen LogP) is 3.26. The highest BCUT2D eigenvalue weighted by Crippen LogP contribution is 2.22. The minimum absolute atomic E-state index is 0.219. The number of nitrogens with two attached hydrogens (primary N) is 1. The smallest absolute Gasteiger partial charge is 0.386 e. The number of alkyl halides is 3. The monoisotopic (exact) mass is 262 g/mol. The van der Waals surface area contributed by atoms with Gasteiger partial charge in [-0.15, -0.1) is 0 Å². The molecule has 0 aromatic heterocycles. The highest BCUT2D eigenvalue weighted by Gasteiger charge is 2.35. The number of halogens is 3. The van der Waals surface area contributed by atoms with Crippen LogP contribution in [0.5, 0.6) is 0 Å². The van der Waals surface area contributed by atoms with E-state index in [0.717, 1.165) is 31.8 Å². The van der Waals surface area contributed by atoms with Crippen molar-refractivity contribution in [1.29, 1.82) is 0 Å². The van der Waals surface area contributed by atoms with Crippen molar-refractivity contribution in [2.24, 2.45) is 5.73 Å². The largest absolute Gasteiger partial charge is 0.407 e. The molecule has 0 amide bonds. The second-order valence-electron chi connectivity index (χ2n) is 4.75. The maximum absolute atomic E-state index is 12.3. The standard InChI is InChI=1S/C13H21F3N2/c1-3-10-4-6-11(7-5-10)18-9(2)8-12(17)13(14,15)16/h4,8,11-12,18H,3,5-7,17H2,1-2H3/b9-8-/t11-,12?/m0/s1. The van der Waals surface area contributed by atoms with Gasteiger partial charge in [-0.3, -0.25) is 0 Å². The summed E-state index contributed by atoms with van der Waals surface area (Å²) >= 11 is 0. The minimum atomic E-state index is -4.37. The summed E-state index contributed by atoms with van der Waals surface area (Å²) in [5.74, 6) is 0. The van der Waals surface area contributed by atoms with Gasteiger partial charge in [0, 0.05) is 11.7 Å². The molecule has 1 unspecified atom stereocenters. The normalized spacial score (nSPS) is 23.6. The third kappa shape index (κ3) is 4.72. The molecule has 5 heteroatoms. The summed E-state index contributed by atoms with van der Waals surface area (Å²) in [6, 6.07) is -1.67. The summed E-state index contributed by atoms with van der Waals surface area (Å²) in [5, 5.41) is 3.10. The zero-order chi connectivity index (χ0) is 13.8. The SMILES string of the molecule is CCC1=CC[C@H](N/C(C)=C\C(N)C(F)(F)F)CC1. The fraction of sp³-hybridized carbons (Fsp3) is 0.692. The van der Waals surface area contributed by atoms with E-state index >= 15 is 0 Å². The van der Waals surface area contributed by atoms with E-state index in [2.05, 4.69) is 18.3 Å². The molecule has 0 aromatic carbocycles. The average Bonchev–Trinajstić information content (AvgIpc) is 2.28. The molecule has 104 valence electrons. The van der Waals surface area contributed by atoms with Crippen LogP contribution in [-0.4, -0.2) is 18.3 Å². The van der Waals surface area contributed by atoms with Gasteiger partial charge in [0.05, 0.1) is 0 Å². The Morgan fingerprint density at radius 3 is 2.72 bits per heavy atom. The van der Waals surface area contributed by atoms with Crippen LogP contribution in [0.25, 0.3) is 0 Å². The van der Waals surface area contributed by atoms with Gasteiger partial charge in [-0.25, -0.2) is 0 Å². The molecule has 0 saturated carbocycles. The molecule has 1 rings (SSSR count). The van der Waals surface area contributed by atoms with Crippen molar-refractivity contribution >= 4 is 0 Å². The maximum Gasteiger partial charge on any atom is 0.407 e. The molecular weight excluding hydrogens is 241 g/mol. The summed E-state index contributed by atoms with van der Waals surface area (Å²) in [7, 11) is 0. The lowest BCUT2D eigenvalue weighted by atomic mass is 9.93. The van der Waals surface area contributed by atoms with Gasteiger partial charge in [-0.05, 0) is 38.7 Å². The van der Waals surface area contributed by atoms with Crippen LogP contribution < -0.4 is 11.1 Å². The Morgan fingerprint density at radius 2 is 2.28 bits per heavy atom. The van der Waals surface area contributed by atoms with Crippen molar-refractivity contribution in [3.8, 4) is 0 Å². The first-order chi connectivity index (χ1) is 8.32. The third-order valence-electron chi connectivity index (χ3n) is 3.20. The lowest BCUT2D eigenvalue weighted by molar-refractivity contribution is -0.137. The number of rotatable bonds is 4. The molecule has 2 nitrogen and oxygen atoms in total. The molecule has 18 heavy (non-hydrogen) atoms. The van der Waals surface area contributed by atoms with Gasteiger partial charge in [0.2, 0.25) is 0 Å². The van der Waals surface area contributed by atoms with E-state index < -0.39 is 12.2 Å². The Kier molecular flexibility index (Phi) is 5.26. The Morgan fingerprint density at radius 1 is 1.61 bits per heavy atom. The minimum Gasteiger partial charge on any atom is -0.386 e. The van der Waals surface area contributed by atoms with Gasteiger partial charge in [-0.1, -0.05) is 18.6 Å². The van der Waals surface area contributed by atoms with E-state index in [4.69, 9.17) is 5.73 Å². The Hall–Kier alpha value is -0.970. The lowest BCUT2D eigenvalue weighted by Crippen LogP contribution is -2.37. The topological polar surface area (TPSA) is 38.0 Å². The molecular formula is C13H21F3N2. The van der Waals surface area contributed by atoms with Gasteiger partial charge in [-0.2, -0.15) is 13.2 Å². The first-order valence-electron chi connectivity index (χ1n) is 6.28. The zero-order valence-electron chi connectivity index (χ0n) is 10.8. The second-order valence-corrected chi connectivity index (χ2v) is 4.75. The first kappa shape index (κ1) is 15.1. The Bertz CT molecular complexity index is 332. The molecule has 0 fully saturated rings. The molecule has 0 radical (unpaired) electrons. The lowest BCUT2D eigenvalue weighted by Gasteiger charge is -2.24. The van der Waals surface area contributed by atoms with Crippen LogP contribution in [0.15, 0.2) is 23.4 Å². The number of nitrogens with one attached hydrogen (secondary N) is 1. The van der Waals surface area contributed by atoms with Crippen LogP contribution in [0.3, 0.4) is 0 Å². The van der Waals surface area contributed by atoms with Crippen LogP contribution in [0.1, 0.15) is 39.5 Å². The van der Waals surface area contributed by atoms with Crippen molar-refractivity contribution in [3.63, 3.8) is 0 Å². The van der Waals surface area contributed by atoms with E-state index in [9.17, 15) is 13.2 Å². The summed E-state index contributed by atoms with van der Waals surface area (Å²) in [6.45, 7) is 3.75. The van der Waals surface area contributed by atoms with Crippen molar-refractivity contribution in [1.82, 2.24) is 5.32 Å². The van der Waals surface area contributed by atoms with Crippen LogP contribution in [0, 0.1) is 0 Å². The van der Waals surface area contributed by atoms with Crippen LogP contribution in [0.2, 0.25) is 0 Å². The van der Waals surface area contributed by atoms with Crippen molar-refractivity contribution in [2.45, 2.75) is 57.8 Å². The molecule has 2 atom stereocenters. The molecule has 0 spiro atoms. The highest BCUT2D eigenvalue weighted by molar-refractivity contribution is 5.11.